The molecule has 98 valence electrons. The second-order valence-electron chi connectivity index (χ2n) is 3.83. The van der Waals surface area contributed by atoms with Gasteiger partial charge in [0, 0.05) is 24.6 Å². The Morgan fingerprint density at radius 1 is 1.33 bits per heavy atom. The summed E-state index contributed by atoms with van der Waals surface area (Å²) in [6.45, 7) is 3.56. The largest absolute Gasteiger partial charge is 0.491 e. The summed E-state index contributed by atoms with van der Waals surface area (Å²) in [7, 11) is 0. The minimum atomic E-state index is -0.527. The summed E-state index contributed by atoms with van der Waals surface area (Å²) in [5, 5.41) is 2.52. The summed E-state index contributed by atoms with van der Waals surface area (Å²) in [6.07, 6.45) is 0.287. The molecule has 0 fully saturated rings. The van der Waals surface area contributed by atoms with Crippen molar-refractivity contribution in [1.82, 2.24) is 0 Å². The van der Waals surface area contributed by atoms with Gasteiger partial charge in [-0.3, -0.25) is 4.79 Å². The quantitative estimate of drug-likeness (QED) is 0.847. The number of ether oxygens (including phenoxy) is 1. The molecule has 0 aliphatic carbocycles. The molecule has 4 nitrogen and oxygen atoms in total. The van der Waals surface area contributed by atoms with Crippen LogP contribution in [0.2, 0.25) is 0 Å². The first-order chi connectivity index (χ1) is 8.52. The number of benzene rings is 1. The van der Waals surface area contributed by atoms with Crippen LogP contribution in [0, 0.1) is 5.82 Å². The first-order valence-corrected chi connectivity index (χ1v) is 5.74. The second-order valence-corrected chi connectivity index (χ2v) is 3.83. The standard InChI is InChI=1S/C13H16FNO3/c1-3-18-12-6-5-10(8-11(12)14)15-13(17)7-4-9(2)16/h5-6,8H,3-4,7H2,1-2H3,(H,15,17). The molecule has 5 heteroatoms. The molecule has 0 heterocycles. The minimum absolute atomic E-state index is 0.0528. The number of ketones is 1. The van der Waals surface area contributed by atoms with Crippen molar-refractivity contribution < 1.29 is 18.7 Å². The Morgan fingerprint density at radius 3 is 2.61 bits per heavy atom. The van der Waals surface area contributed by atoms with E-state index in [2.05, 4.69) is 5.32 Å². The van der Waals surface area contributed by atoms with Gasteiger partial charge >= 0.3 is 0 Å². The van der Waals surface area contributed by atoms with Crippen LogP contribution in [0.1, 0.15) is 26.7 Å². The highest BCUT2D eigenvalue weighted by atomic mass is 19.1. The SMILES string of the molecule is CCOc1ccc(NC(=O)CCC(C)=O)cc1F. The number of anilines is 1. The first kappa shape index (κ1) is 14.2. The zero-order valence-corrected chi connectivity index (χ0v) is 10.5. The fraction of sp³-hybridized carbons (Fsp3) is 0.385. The van der Waals surface area contributed by atoms with E-state index in [-0.39, 0.29) is 30.3 Å². The van der Waals surface area contributed by atoms with Gasteiger partial charge in [-0.15, -0.1) is 0 Å². The number of nitrogens with one attached hydrogen (secondary N) is 1. The van der Waals surface area contributed by atoms with Gasteiger partial charge in [0.15, 0.2) is 11.6 Å². The summed E-state index contributed by atoms with van der Waals surface area (Å²) in [5.74, 6) is -0.739. The van der Waals surface area contributed by atoms with E-state index >= 15 is 0 Å². The van der Waals surface area contributed by atoms with Crippen molar-refractivity contribution in [3.63, 3.8) is 0 Å². The molecular weight excluding hydrogens is 237 g/mol. The second kappa shape index (κ2) is 6.74. The van der Waals surface area contributed by atoms with E-state index in [4.69, 9.17) is 4.74 Å². The maximum Gasteiger partial charge on any atom is 0.224 e. The van der Waals surface area contributed by atoms with Gasteiger partial charge < -0.3 is 14.8 Å². The smallest absolute Gasteiger partial charge is 0.224 e. The molecule has 0 unspecified atom stereocenters. The molecule has 0 saturated heterocycles. The third kappa shape index (κ3) is 4.53. The zero-order valence-electron chi connectivity index (χ0n) is 10.5. The normalized spacial score (nSPS) is 9.94. The molecule has 0 bridgehead atoms. The van der Waals surface area contributed by atoms with Gasteiger partial charge in [-0.1, -0.05) is 0 Å². The van der Waals surface area contributed by atoms with Gasteiger partial charge in [-0.05, 0) is 26.0 Å². The lowest BCUT2D eigenvalue weighted by Crippen LogP contribution is -2.12. The first-order valence-electron chi connectivity index (χ1n) is 5.74. The molecule has 1 rings (SSSR count). The summed E-state index contributed by atoms with van der Waals surface area (Å²) in [5.41, 5.74) is 0.351. The molecule has 1 aromatic rings. The van der Waals surface area contributed by atoms with Crippen LogP contribution in [-0.4, -0.2) is 18.3 Å². The fourth-order valence-corrected chi connectivity index (χ4v) is 1.36. The van der Waals surface area contributed by atoms with E-state index in [0.29, 0.717) is 12.3 Å². The van der Waals surface area contributed by atoms with Gasteiger partial charge in [0.1, 0.15) is 5.78 Å². The van der Waals surface area contributed by atoms with Crippen LogP contribution in [-0.2, 0) is 9.59 Å². The van der Waals surface area contributed by atoms with Crippen molar-refractivity contribution in [2.24, 2.45) is 0 Å². The highest BCUT2D eigenvalue weighted by molar-refractivity contribution is 5.93. The average molecular weight is 253 g/mol. The van der Waals surface area contributed by atoms with Crippen molar-refractivity contribution >= 4 is 17.4 Å². The Balaban J connectivity index is 2.60. The lowest BCUT2D eigenvalue weighted by Gasteiger charge is -2.08. The van der Waals surface area contributed by atoms with Crippen LogP contribution in [0.3, 0.4) is 0 Å². The van der Waals surface area contributed by atoms with E-state index < -0.39 is 5.82 Å². The monoisotopic (exact) mass is 253 g/mol. The number of Topliss-reactive ketones (excluding diaryl/α,β-unsaturated/α-hetero) is 1. The van der Waals surface area contributed by atoms with E-state index in [9.17, 15) is 14.0 Å². The highest BCUT2D eigenvalue weighted by Gasteiger charge is 2.07. The Hall–Kier alpha value is -1.91. The Kier molecular flexibility index (Phi) is 5.30. The summed E-state index contributed by atoms with van der Waals surface area (Å²) in [6, 6.07) is 4.20. The molecule has 1 amide bonds. The Labute approximate surface area is 105 Å². The number of rotatable bonds is 6. The topological polar surface area (TPSA) is 55.4 Å². The predicted octanol–water partition coefficient (Wildman–Crippen LogP) is 2.53. The van der Waals surface area contributed by atoms with Gasteiger partial charge in [-0.25, -0.2) is 4.39 Å². The number of hydrogen-bond acceptors (Lipinski definition) is 3. The zero-order chi connectivity index (χ0) is 13.5. The Morgan fingerprint density at radius 2 is 2.06 bits per heavy atom. The third-order valence-corrected chi connectivity index (χ3v) is 2.22. The van der Waals surface area contributed by atoms with Gasteiger partial charge in [0.2, 0.25) is 5.91 Å². The highest BCUT2D eigenvalue weighted by Crippen LogP contribution is 2.21. The van der Waals surface area contributed by atoms with E-state index in [1.54, 1.807) is 13.0 Å². The van der Waals surface area contributed by atoms with Crippen LogP contribution in [0.15, 0.2) is 18.2 Å². The van der Waals surface area contributed by atoms with E-state index in [1.807, 2.05) is 0 Å². The molecule has 0 saturated carbocycles. The number of carbonyl (C=O) groups excluding carboxylic acids is 2. The van der Waals surface area contributed by atoms with Crippen molar-refractivity contribution in [2.75, 3.05) is 11.9 Å². The van der Waals surface area contributed by atoms with Crippen LogP contribution in [0.5, 0.6) is 5.75 Å². The van der Waals surface area contributed by atoms with Gasteiger partial charge in [0.25, 0.3) is 0 Å². The molecule has 0 aliphatic rings. The molecule has 0 atom stereocenters. The van der Waals surface area contributed by atoms with Crippen LogP contribution in [0.4, 0.5) is 10.1 Å². The van der Waals surface area contributed by atoms with Crippen LogP contribution >= 0.6 is 0 Å². The average Bonchev–Trinajstić information content (AvgIpc) is 2.30. The molecule has 18 heavy (non-hydrogen) atoms. The maximum atomic E-state index is 13.5. The van der Waals surface area contributed by atoms with Crippen molar-refractivity contribution in [3.8, 4) is 5.75 Å². The third-order valence-electron chi connectivity index (χ3n) is 2.22. The number of hydrogen-bond donors (Lipinski definition) is 1. The molecule has 1 N–H and O–H groups in total. The number of amides is 1. The summed E-state index contributed by atoms with van der Waals surface area (Å²) in [4.78, 5) is 22.1. The Bertz CT molecular complexity index is 446. The summed E-state index contributed by atoms with van der Waals surface area (Å²) < 4.78 is 18.5. The molecule has 0 radical (unpaired) electrons. The van der Waals surface area contributed by atoms with Crippen molar-refractivity contribution in [3.05, 3.63) is 24.0 Å². The van der Waals surface area contributed by atoms with Crippen LogP contribution in [0.25, 0.3) is 0 Å². The predicted molar refractivity (Wildman–Crippen MR) is 66.1 cm³/mol. The van der Waals surface area contributed by atoms with E-state index in [1.165, 1.54) is 19.1 Å². The van der Waals surface area contributed by atoms with Crippen LogP contribution < -0.4 is 10.1 Å². The molecule has 1 aromatic carbocycles. The lowest BCUT2D eigenvalue weighted by atomic mass is 10.2. The molecular formula is C13H16FNO3. The van der Waals surface area contributed by atoms with Gasteiger partial charge in [-0.2, -0.15) is 0 Å². The molecule has 0 aliphatic heterocycles. The van der Waals surface area contributed by atoms with Crippen molar-refractivity contribution in [1.29, 1.82) is 0 Å². The lowest BCUT2D eigenvalue weighted by molar-refractivity contribution is -0.121. The molecule has 0 spiro atoms. The maximum absolute atomic E-state index is 13.5. The van der Waals surface area contributed by atoms with Gasteiger partial charge in [0.05, 0.1) is 6.61 Å². The minimum Gasteiger partial charge on any atom is -0.491 e. The fourth-order valence-electron chi connectivity index (χ4n) is 1.36. The number of carbonyl (C=O) groups is 2. The molecule has 0 aromatic heterocycles. The summed E-state index contributed by atoms with van der Waals surface area (Å²) >= 11 is 0. The van der Waals surface area contributed by atoms with E-state index in [0.717, 1.165) is 0 Å². The van der Waals surface area contributed by atoms with Crippen molar-refractivity contribution in [2.45, 2.75) is 26.7 Å². The number of halogens is 1.